The maximum atomic E-state index is 12.7. The Bertz CT molecular complexity index is 483. The summed E-state index contributed by atoms with van der Waals surface area (Å²) in [6.45, 7) is 0. The number of halogens is 2. The fourth-order valence-corrected chi connectivity index (χ4v) is 1.22. The minimum Gasteiger partial charge on any atom is -0.494 e. The van der Waals surface area contributed by atoms with Crippen LogP contribution in [-0.4, -0.2) is 25.2 Å². The molecular formula is C10H8F2N2O3. The first-order valence-electron chi connectivity index (χ1n) is 4.40. The van der Waals surface area contributed by atoms with E-state index in [4.69, 9.17) is 10.00 Å². The van der Waals surface area contributed by atoms with Crippen molar-refractivity contribution < 1.29 is 23.0 Å². The zero-order valence-electron chi connectivity index (χ0n) is 9.03. The molecule has 0 spiro atoms. The van der Waals surface area contributed by atoms with Crippen molar-refractivity contribution in [3.63, 3.8) is 0 Å². The Balaban J connectivity index is 3.51. The van der Waals surface area contributed by atoms with Gasteiger partial charge in [-0.15, -0.1) is 0 Å². The molecule has 0 atom stereocenters. The van der Waals surface area contributed by atoms with Crippen molar-refractivity contribution in [2.45, 2.75) is 6.43 Å². The van der Waals surface area contributed by atoms with E-state index in [0.717, 1.165) is 20.3 Å². The summed E-state index contributed by atoms with van der Waals surface area (Å²) in [6, 6.07) is 2.46. The predicted molar refractivity (Wildman–Crippen MR) is 51.8 cm³/mol. The third-order valence-electron chi connectivity index (χ3n) is 1.93. The van der Waals surface area contributed by atoms with Gasteiger partial charge >= 0.3 is 5.97 Å². The molecule has 0 aliphatic rings. The third kappa shape index (κ3) is 2.47. The molecule has 0 saturated heterocycles. The normalized spacial score (nSPS) is 9.88. The summed E-state index contributed by atoms with van der Waals surface area (Å²) in [5.41, 5.74) is -1.31. The largest absolute Gasteiger partial charge is 0.494 e. The first-order chi connectivity index (χ1) is 8.04. The van der Waals surface area contributed by atoms with Crippen LogP contribution in [0.25, 0.3) is 0 Å². The highest BCUT2D eigenvalue weighted by Crippen LogP contribution is 2.32. The van der Waals surface area contributed by atoms with Crippen LogP contribution in [0.5, 0.6) is 5.75 Å². The fraction of sp³-hybridized carbons (Fsp3) is 0.300. The Labute approximate surface area is 95.6 Å². The Morgan fingerprint density at radius 3 is 2.59 bits per heavy atom. The van der Waals surface area contributed by atoms with Gasteiger partial charge in [-0.1, -0.05) is 0 Å². The monoisotopic (exact) mass is 242 g/mol. The van der Waals surface area contributed by atoms with Crippen LogP contribution in [0, 0.1) is 11.3 Å². The molecule has 7 heteroatoms. The van der Waals surface area contributed by atoms with Crippen LogP contribution in [0.15, 0.2) is 6.07 Å². The smallest absolute Gasteiger partial charge is 0.360 e. The SMILES string of the molecule is COC(=O)c1nc(C#N)cc(C(F)F)c1OC. The van der Waals surface area contributed by atoms with E-state index in [1.807, 2.05) is 0 Å². The number of methoxy groups -OCH3 is 2. The Hall–Kier alpha value is -2.23. The molecule has 0 aliphatic carbocycles. The van der Waals surface area contributed by atoms with Gasteiger partial charge in [-0.3, -0.25) is 0 Å². The molecule has 17 heavy (non-hydrogen) atoms. The van der Waals surface area contributed by atoms with Gasteiger partial charge in [0.1, 0.15) is 11.8 Å². The summed E-state index contributed by atoms with van der Waals surface area (Å²) in [4.78, 5) is 14.9. The summed E-state index contributed by atoms with van der Waals surface area (Å²) in [7, 11) is 2.20. The lowest BCUT2D eigenvalue weighted by Gasteiger charge is -2.11. The average molecular weight is 242 g/mol. The maximum Gasteiger partial charge on any atom is 0.360 e. The zero-order chi connectivity index (χ0) is 13.0. The second kappa shape index (κ2) is 5.21. The van der Waals surface area contributed by atoms with Crippen molar-refractivity contribution in [2.75, 3.05) is 14.2 Å². The van der Waals surface area contributed by atoms with Gasteiger partial charge < -0.3 is 9.47 Å². The lowest BCUT2D eigenvalue weighted by Crippen LogP contribution is -2.10. The third-order valence-corrected chi connectivity index (χ3v) is 1.93. The minimum absolute atomic E-state index is 0.304. The van der Waals surface area contributed by atoms with Crippen LogP contribution < -0.4 is 4.74 Å². The number of carbonyl (C=O) groups is 1. The molecule has 0 bridgehead atoms. The van der Waals surface area contributed by atoms with Gasteiger partial charge in [0.05, 0.1) is 19.8 Å². The maximum absolute atomic E-state index is 12.7. The summed E-state index contributed by atoms with van der Waals surface area (Å²) < 4.78 is 34.5. The molecule has 0 amide bonds. The molecule has 0 fully saturated rings. The topological polar surface area (TPSA) is 72.2 Å². The lowest BCUT2D eigenvalue weighted by molar-refractivity contribution is 0.0588. The predicted octanol–water partition coefficient (Wildman–Crippen LogP) is 1.69. The van der Waals surface area contributed by atoms with Crippen molar-refractivity contribution in [1.82, 2.24) is 4.98 Å². The van der Waals surface area contributed by atoms with Gasteiger partial charge in [0.25, 0.3) is 6.43 Å². The summed E-state index contributed by atoms with van der Waals surface area (Å²) in [5, 5.41) is 8.64. The first kappa shape index (κ1) is 12.8. The van der Waals surface area contributed by atoms with E-state index in [-0.39, 0.29) is 11.4 Å². The number of ether oxygens (including phenoxy) is 2. The van der Waals surface area contributed by atoms with E-state index in [9.17, 15) is 13.6 Å². The summed E-state index contributed by atoms with van der Waals surface area (Å²) in [6.07, 6.45) is -2.89. The minimum atomic E-state index is -2.89. The number of alkyl halides is 2. The Morgan fingerprint density at radius 1 is 1.53 bits per heavy atom. The number of nitrogens with zero attached hydrogens (tertiary/aromatic N) is 2. The molecule has 0 unspecified atom stereocenters. The highest BCUT2D eigenvalue weighted by molar-refractivity contribution is 5.91. The standard InChI is InChI=1S/C10H8F2N2O3/c1-16-8-6(9(11)12)3-5(4-13)14-7(8)10(15)17-2/h3,9H,1-2H3. The van der Waals surface area contributed by atoms with Crippen LogP contribution in [-0.2, 0) is 4.74 Å². The molecule has 0 saturated carbocycles. The molecule has 1 aromatic heterocycles. The molecule has 90 valence electrons. The number of pyridine rings is 1. The van der Waals surface area contributed by atoms with E-state index in [1.54, 1.807) is 6.07 Å². The van der Waals surface area contributed by atoms with Gasteiger partial charge in [0, 0.05) is 0 Å². The van der Waals surface area contributed by atoms with Crippen LogP contribution in [0.4, 0.5) is 8.78 Å². The fourth-order valence-electron chi connectivity index (χ4n) is 1.22. The first-order valence-corrected chi connectivity index (χ1v) is 4.40. The summed E-state index contributed by atoms with van der Waals surface area (Å²) >= 11 is 0. The quantitative estimate of drug-likeness (QED) is 0.754. The van der Waals surface area contributed by atoms with Crippen molar-refractivity contribution in [2.24, 2.45) is 0 Å². The molecule has 0 radical (unpaired) electrons. The van der Waals surface area contributed by atoms with Gasteiger partial charge in [0.2, 0.25) is 0 Å². The van der Waals surface area contributed by atoms with Crippen LogP contribution >= 0.6 is 0 Å². The molecule has 0 N–H and O–H groups in total. The molecule has 5 nitrogen and oxygen atoms in total. The lowest BCUT2D eigenvalue weighted by atomic mass is 10.1. The summed E-state index contributed by atoms with van der Waals surface area (Å²) in [5.74, 6) is -1.33. The Kier molecular flexibility index (Phi) is 3.93. The number of rotatable bonds is 3. The second-order valence-corrected chi connectivity index (χ2v) is 2.88. The van der Waals surface area contributed by atoms with Gasteiger partial charge in [-0.25, -0.2) is 18.6 Å². The molecule has 1 rings (SSSR count). The van der Waals surface area contributed by atoms with E-state index in [2.05, 4.69) is 9.72 Å². The number of carbonyl (C=O) groups excluding carboxylic acids is 1. The molecule has 0 aliphatic heterocycles. The van der Waals surface area contributed by atoms with Crippen LogP contribution in [0.1, 0.15) is 28.2 Å². The van der Waals surface area contributed by atoms with Gasteiger partial charge in [-0.05, 0) is 6.07 Å². The van der Waals surface area contributed by atoms with Crippen molar-refractivity contribution in [1.29, 1.82) is 5.26 Å². The van der Waals surface area contributed by atoms with Crippen LogP contribution in [0.3, 0.4) is 0 Å². The van der Waals surface area contributed by atoms with E-state index >= 15 is 0 Å². The van der Waals surface area contributed by atoms with Gasteiger partial charge in [-0.2, -0.15) is 5.26 Å². The molecular weight excluding hydrogens is 234 g/mol. The highest BCUT2D eigenvalue weighted by Gasteiger charge is 2.24. The zero-order valence-corrected chi connectivity index (χ0v) is 9.03. The number of aromatic nitrogens is 1. The second-order valence-electron chi connectivity index (χ2n) is 2.88. The van der Waals surface area contributed by atoms with Crippen molar-refractivity contribution in [3.05, 3.63) is 23.0 Å². The number of hydrogen-bond acceptors (Lipinski definition) is 5. The van der Waals surface area contributed by atoms with E-state index in [1.165, 1.54) is 0 Å². The van der Waals surface area contributed by atoms with E-state index in [0.29, 0.717) is 0 Å². The number of hydrogen-bond donors (Lipinski definition) is 0. The average Bonchev–Trinajstić information content (AvgIpc) is 2.35. The number of nitriles is 1. The molecule has 1 aromatic rings. The van der Waals surface area contributed by atoms with E-state index < -0.39 is 23.7 Å². The van der Waals surface area contributed by atoms with Gasteiger partial charge in [0.15, 0.2) is 11.4 Å². The molecule has 0 aromatic carbocycles. The Morgan fingerprint density at radius 2 is 2.18 bits per heavy atom. The van der Waals surface area contributed by atoms with Crippen molar-refractivity contribution >= 4 is 5.97 Å². The number of esters is 1. The molecule has 1 heterocycles. The van der Waals surface area contributed by atoms with Crippen LogP contribution in [0.2, 0.25) is 0 Å². The van der Waals surface area contributed by atoms with Crippen molar-refractivity contribution in [3.8, 4) is 11.8 Å². The highest BCUT2D eigenvalue weighted by atomic mass is 19.3.